The van der Waals surface area contributed by atoms with Crippen LogP contribution in [0.25, 0.3) is 0 Å². The molecule has 9 nitrogen and oxygen atoms in total. The van der Waals surface area contributed by atoms with E-state index in [1.54, 1.807) is 0 Å². The minimum Gasteiger partial charge on any atom is -0.495 e. The summed E-state index contributed by atoms with van der Waals surface area (Å²) in [7, 11) is 1.37. The number of aliphatic carboxylic acids is 1. The molecule has 0 fully saturated rings. The fourth-order valence-electron chi connectivity index (χ4n) is 2.79. The van der Waals surface area contributed by atoms with Crippen LogP contribution in [0.1, 0.15) is 46.0 Å². The largest absolute Gasteiger partial charge is 0.495 e. The van der Waals surface area contributed by atoms with Crippen LogP contribution in [0.15, 0.2) is 18.2 Å². The van der Waals surface area contributed by atoms with Gasteiger partial charge in [-0.2, -0.15) is 0 Å². The van der Waals surface area contributed by atoms with Crippen LogP contribution in [-0.4, -0.2) is 41.6 Å². The van der Waals surface area contributed by atoms with Crippen molar-refractivity contribution in [2.75, 3.05) is 19.0 Å². The zero-order valence-corrected chi connectivity index (χ0v) is 16.6. The van der Waals surface area contributed by atoms with E-state index in [9.17, 15) is 24.8 Å². The second-order valence-corrected chi connectivity index (χ2v) is 6.61. The molecule has 0 aromatic heterocycles. The molecule has 3 N–H and O–H groups in total. The molecule has 0 saturated heterocycles. The maximum atomic E-state index is 12.3. The molecule has 0 spiro atoms. The molecule has 1 amide bonds. The zero-order valence-electron chi connectivity index (χ0n) is 16.6. The van der Waals surface area contributed by atoms with E-state index in [-0.39, 0.29) is 23.5 Å². The lowest BCUT2D eigenvalue weighted by Gasteiger charge is -2.20. The van der Waals surface area contributed by atoms with Gasteiger partial charge in [-0.25, -0.2) is 0 Å². The molecular formula is C19H29N3O6. The third kappa shape index (κ3) is 7.51. The Labute approximate surface area is 164 Å². The maximum absolute atomic E-state index is 12.3. The first-order valence-electron chi connectivity index (χ1n) is 9.40. The number of anilines is 1. The number of nitrogens with one attached hydrogen (secondary N) is 2. The normalized spacial score (nSPS) is 12.8. The average Bonchev–Trinajstić information content (AvgIpc) is 2.66. The Balaban J connectivity index is 2.75. The molecule has 0 bridgehead atoms. The number of carboxylic acid groups (broad SMARTS) is 1. The van der Waals surface area contributed by atoms with Crippen LogP contribution in [0.5, 0.6) is 5.75 Å². The third-order valence-corrected chi connectivity index (χ3v) is 4.55. The molecule has 0 saturated carbocycles. The molecule has 9 heteroatoms. The maximum Gasteiger partial charge on any atom is 0.321 e. The van der Waals surface area contributed by atoms with Crippen molar-refractivity contribution in [3.05, 3.63) is 28.3 Å². The van der Waals surface area contributed by atoms with Crippen LogP contribution in [0.4, 0.5) is 11.4 Å². The lowest BCUT2D eigenvalue weighted by molar-refractivity contribution is -0.384. The summed E-state index contributed by atoms with van der Waals surface area (Å²) in [5, 5.41) is 25.8. The van der Waals surface area contributed by atoms with Gasteiger partial charge >= 0.3 is 5.97 Å². The first-order valence-corrected chi connectivity index (χ1v) is 9.40. The summed E-state index contributed by atoms with van der Waals surface area (Å²) >= 11 is 0. The van der Waals surface area contributed by atoms with Crippen LogP contribution in [-0.2, 0) is 9.59 Å². The number of carbonyl (C=O) groups is 2. The molecule has 1 rings (SSSR count). The van der Waals surface area contributed by atoms with Crippen molar-refractivity contribution in [2.24, 2.45) is 5.92 Å². The number of methoxy groups -OCH3 is 1. The smallest absolute Gasteiger partial charge is 0.321 e. The molecule has 0 radical (unpaired) electrons. The van der Waals surface area contributed by atoms with Gasteiger partial charge in [-0.3, -0.25) is 19.7 Å². The number of carboxylic acids is 1. The van der Waals surface area contributed by atoms with Gasteiger partial charge in [0, 0.05) is 12.1 Å². The average molecular weight is 395 g/mol. The summed E-state index contributed by atoms with van der Waals surface area (Å²) in [6.07, 6.45) is 3.78. The Morgan fingerprint density at radius 2 is 2.04 bits per heavy atom. The summed E-state index contributed by atoms with van der Waals surface area (Å²) in [4.78, 5) is 34.2. The van der Waals surface area contributed by atoms with E-state index < -0.39 is 22.8 Å². The van der Waals surface area contributed by atoms with Gasteiger partial charge < -0.3 is 20.5 Å². The van der Waals surface area contributed by atoms with Gasteiger partial charge in [-0.15, -0.1) is 0 Å². The first kappa shape index (κ1) is 23.4. The minimum absolute atomic E-state index is 0.125. The highest BCUT2D eigenvalue weighted by Gasteiger charge is 2.23. The highest BCUT2D eigenvalue weighted by molar-refractivity contribution is 5.95. The van der Waals surface area contributed by atoms with Gasteiger partial charge in [0.05, 0.1) is 24.1 Å². The Hall–Kier alpha value is -2.68. The van der Waals surface area contributed by atoms with E-state index in [0.717, 1.165) is 25.7 Å². The highest BCUT2D eigenvalue weighted by atomic mass is 16.6. The topological polar surface area (TPSA) is 131 Å². The second kappa shape index (κ2) is 11.9. The predicted octanol–water partition coefficient (Wildman–Crippen LogP) is 3.19. The number of ether oxygens (including phenoxy) is 1. The van der Waals surface area contributed by atoms with E-state index in [1.807, 2.05) is 0 Å². The summed E-state index contributed by atoms with van der Waals surface area (Å²) < 4.78 is 5.10. The lowest BCUT2D eigenvalue weighted by atomic mass is 9.99. The number of amides is 1. The zero-order chi connectivity index (χ0) is 21.1. The second-order valence-electron chi connectivity index (χ2n) is 6.61. The van der Waals surface area contributed by atoms with Crippen LogP contribution < -0.4 is 15.4 Å². The van der Waals surface area contributed by atoms with Crippen LogP contribution in [0.2, 0.25) is 0 Å². The number of nitrogens with zero attached hydrogens (tertiary/aromatic N) is 1. The van der Waals surface area contributed by atoms with Crippen molar-refractivity contribution in [1.82, 2.24) is 5.32 Å². The molecule has 156 valence electrons. The van der Waals surface area contributed by atoms with Crippen molar-refractivity contribution >= 4 is 23.3 Å². The molecule has 28 heavy (non-hydrogen) atoms. The lowest BCUT2D eigenvalue weighted by Crippen LogP contribution is -2.42. The number of unbranched alkanes of at least 4 members (excludes halogenated alkanes) is 1. The van der Waals surface area contributed by atoms with Crippen molar-refractivity contribution in [3.8, 4) is 5.75 Å². The summed E-state index contributed by atoms with van der Waals surface area (Å²) in [5.41, 5.74) is -0.0778. The Kier molecular flexibility index (Phi) is 9.94. The van der Waals surface area contributed by atoms with Crippen molar-refractivity contribution in [1.29, 1.82) is 0 Å². The fourth-order valence-corrected chi connectivity index (χ4v) is 2.79. The van der Waals surface area contributed by atoms with Gasteiger partial charge in [0.15, 0.2) is 0 Å². The Morgan fingerprint density at radius 3 is 2.57 bits per heavy atom. The predicted molar refractivity (Wildman–Crippen MR) is 106 cm³/mol. The van der Waals surface area contributed by atoms with Crippen molar-refractivity contribution in [2.45, 2.75) is 52.0 Å². The number of nitro groups is 1. The van der Waals surface area contributed by atoms with E-state index >= 15 is 0 Å². The number of hydrogen-bond donors (Lipinski definition) is 3. The van der Waals surface area contributed by atoms with E-state index in [2.05, 4.69) is 24.5 Å². The number of benzene rings is 1. The van der Waals surface area contributed by atoms with Gasteiger partial charge in [-0.1, -0.05) is 33.1 Å². The Morgan fingerprint density at radius 1 is 1.32 bits per heavy atom. The quantitative estimate of drug-likeness (QED) is 0.345. The minimum atomic E-state index is -1.12. The summed E-state index contributed by atoms with van der Waals surface area (Å²) in [6.45, 7) is 4.67. The molecule has 2 unspecified atom stereocenters. The van der Waals surface area contributed by atoms with Gasteiger partial charge in [0.2, 0.25) is 5.91 Å². The van der Waals surface area contributed by atoms with Crippen LogP contribution >= 0.6 is 0 Å². The molecule has 0 aliphatic heterocycles. The highest BCUT2D eigenvalue weighted by Crippen LogP contribution is 2.29. The van der Waals surface area contributed by atoms with Gasteiger partial charge in [0.1, 0.15) is 11.8 Å². The molecule has 1 aromatic carbocycles. The molecule has 0 aliphatic rings. The number of carbonyl (C=O) groups excluding carboxylic acids is 1. The molecule has 0 heterocycles. The monoisotopic (exact) mass is 395 g/mol. The van der Waals surface area contributed by atoms with Crippen molar-refractivity contribution < 1.29 is 24.4 Å². The fraction of sp³-hybridized carbons (Fsp3) is 0.579. The third-order valence-electron chi connectivity index (χ3n) is 4.55. The Bertz CT molecular complexity index is 680. The number of hydrogen-bond acceptors (Lipinski definition) is 6. The number of non-ortho nitro benzene ring substituents is 1. The molecule has 2 atom stereocenters. The van der Waals surface area contributed by atoms with Crippen LogP contribution in [0.3, 0.4) is 0 Å². The standard InChI is InChI=1S/C19H29N3O6/c1-4-6-7-13(5-2)12-20-16(19(24)25)11-18(23)21-15-10-14(22(26)27)8-9-17(15)28-3/h8-10,13,16,20H,4-7,11-12H2,1-3H3,(H,21,23)(H,24,25). The van der Waals surface area contributed by atoms with E-state index in [1.165, 1.54) is 25.3 Å². The van der Waals surface area contributed by atoms with E-state index in [0.29, 0.717) is 12.5 Å². The van der Waals surface area contributed by atoms with Crippen molar-refractivity contribution in [3.63, 3.8) is 0 Å². The SMILES string of the molecule is CCCCC(CC)CNC(CC(=O)Nc1cc([N+](=O)[O-])ccc1OC)C(=O)O. The van der Waals surface area contributed by atoms with E-state index in [4.69, 9.17) is 4.74 Å². The van der Waals surface area contributed by atoms with Crippen LogP contribution in [0, 0.1) is 16.0 Å². The molecule has 1 aromatic rings. The molecule has 0 aliphatic carbocycles. The van der Waals surface area contributed by atoms with Gasteiger partial charge in [0.25, 0.3) is 5.69 Å². The summed E-state index contributed by atoms with van der Waals surface area (Å²) in [6, 6.07) is 2.77. The van der Waals surface area contributed by atoms with Gasteiger partial charge in [-0.05, 0) is 24.9 Å². The number of nitro benzene ring substituents is 1. The number of rotatable bonds is 13. The molecular weight excluding hydrogens is 366 g/mol. The summed E-state index contributed by atoms with van der Waals surface area (Å²) in [5.74, 6) is -1.09. The first-order chi connectivity index (χ1) is 13.3.